The number of nitrogens with zero attached hydrogens (tertiary/aromatic N) is 2. The van der Waals surface area contributed by atoms with E-state index in [1.54, 1.807) is 104 Å². The number of rotatable bonds is 21. The maximum absolute atomic E-state index is 10.1. The topological polar surface area (TPSA) is 282 Å². The van der Waals surface area contributed by atoms with E-state index in [0.29, 0.717) is 59.9 Å². The molecule has 2 aliphatic rings. The molecular weight excluding hydrogens is 1440 g/mol. The molecule has 2 aliphatic heterocycles. The number of fused-ring (bicyclic) bond motifs is 2. The molecule has 0 amide bonds. The molecule has 0 aliphatic carbocycles. The molecule has 2 unspecified atom stereocenters. The summed E-state index contributed by atoms with van der Waals surface area (Å²) in [5, 5.41) is 44.5. The van der Waals surface area contributed by atoms with E-state index in [1.807, 2.05) is 158 Å². The average Bonchev–Trinajstić information content (AvgIpc) is 0.912. The molecule has 0 bridgehead atoms. The first-order chi connectivity index (χ1) is 54.5. The predicted octanol–water partition coefficient (Wildman–Crippen LogP) is 16.2. The molecule has 6 aromatic heterocycles. The minimum absolute atomic E-state index is 0. The summed E-state index contributed by atoms with van der Waals surface area (Å²) in [6.07, 6.45) is 21.9. The SMILES string of the molecule is CO.NCc1ccco1.O=Cc1ccc(C=O)cc1.O=Cc1ccccc1O.Oc1ccccc1/C=C/Cc1ccco1.Oc1ccccc1CCCc1ccco1.Oc1ccccc1CCCc1ccco1.[B].[H-].[Na+].c1coc(CN2Cc3ccccc3OC2c2ccc(C3Oc4ccccc4CN3Cc3ccco3)cc2)c1. The van der Waals surface area contributed by atoms with E-state index >= 15 is 0 Å². The van der Waals surface area contributed by atoms with Gasteiger partial charge in [0.25, 0.3) is 0 Å². The van der Waals surface area contributed by atoms with Crippen LogP contribution in [0.5, 0.6) is 34.5 Å². The van der Waals surface area contributed by atoms with Crippen LogP contribution in [-0.4, -0.2) is 69.7 Å². The van der Waals surface area contributed by atoms with Crippen LogP contribution in [0.3, 0.4) is 0 Å². The van der Waals surface area contributed by atoms with Gasteiger partial charge in [-0.05, 0) is 152 Å². The van der Waals surface area contributed by atoms with Crippen LogP contribution in [0.1, 0.15) is 131 Å². The minimum atomic E-state index is -0.226. The van der Waals surface area contributed by atoms with Gasteiger partial charge in [0.2, 0.25) is 0 Å². The minimum Gasteiger partial charge on any atom is -1.00 e. The van der Waals surface area contributed by atoms with E-state index in [4.69, 9.17) is 51.9 Å². The van der Waals surface area contributed by atoms with Gasteiger partial charge in [-0.2, -0.15) is 0 Å². The van der Waals surface area contributed by atoms with Gasteiger partial charge in [-0.1, -0.05) is 164 Å². The number of aldehydes is 3. The number of phenols is 4. The summed E-state index contributed by atoms with van der Waals surface area (Å²) >= 11 is 0. The number of allylic oxidation sites excluding steroid dienone is 1. The molecule has 14 aromatic rings. The Morgan fingerprint density at radius 1 is 0.381 bits per heavy atom. The largest absolute Gasteiger partial charge is 1.00 e. The number of aryl methyl sites for hydroxylation is 4. The quantitative estimate of drug-likeness (QED) is 0.0288. The van der Waals surface area contributed by atoms with Crippen molar-refractivity contribution in [3.8, 4) is 34.5 Å². The van der Waals surface area contributed by atoms with Gasteiger partial charge in [-0.3, -0.25) is 24.2 Å². The number of nitrogens with two attached hydrogens (primary N) is 1. The molecule has 19 nitrogen and oxygen atoms in total. The Morgan fingerprint density at radius 2 is 0.726 bits per heavy atom. The standard InChI is InChI=1S/C32H28N2O4.2C13H14O2.C13H12O2.C8H6O2.C7H6O2.C5H7NO.CH4O.B.Na.H/c1-3-11-29-25(7-1)19-33(21-27-9-5-17-35-27)31(37-29)23-13-15-24(16-14-23)32-34(22-28-10-6-18-36-28)20-26-8-2-4-12-30(26)38-32;3*14-13-9-2-1-5-11(13)6-3-7-12-8-4-10-15-12;9-5-7-1-2-8(6-10)4-3-7;8-5-6-3-1-2-4-7(6)9;6-4-5-2-1-3-7-5;1-2;;;/h1-18,31-32H,19-22H2;2*1-2,4-5,8-10,14H,3,6-7H2;1-6,8-10,14H,7H2;1-6H;1-5,9H;1-3H,4,6H2;2H,1H3;;;/q;;;;;;;;;+1;-1/b;;;6-3+;;;;;;;. The molecule has 0 fully saturated rings. The van der Waals surface area contributed by atoms with Crippen molar-refractivity contribution in [2.45, 2.75) is 90.1 Å². The third-order valence-corrected chi connectivity index (χ3v) is 17.3. The predicted molar refractivity (Wildman–Crippen MR) is 432 cm³/mol. The third-order valence-electron chi connectivity index (χ3n) is 17.3. The fraction of sp³-hybridized carbons (Fsp3) is 0.163. The van der Waals surface area contributed by atoms with Crippen LogP contribution < -0.4 is 44.8 Å². The molecule has 0 saturated heterocycles. The van der Waals surface area contributed by atoms with Crippen LogP contribution in [0, 0.1) is 0 Å². The number of hydrogen-bond donors (Lipinski definition) is 6. The summed E-state index contributed by atoms with van der Waals surface area (Å²) in [5.74, 6) is 8.55. The number of hydrogen-bond acceptors (Lipinski definition) is 19. The number of aromatic hydroxyl groups is 4. The smallest absolute Gasteiger partial charge is 1.00 e. The Bertz CT molecular complexity index is 4700. The van der Waals surface area contributed by atoms with Crippen LogP contribution in [0.2, 0.25) is 0 Å². The van der Waals surface area contributed by atoms with Crippen molar-refractivity contribution >= 4 is 33.3 Å². The summed E-state index contributed by atoms with van der Waals surface area (Å²) in [6, 6.07) is 83.2. The van der Waals surface area contributed by atoms with E-state index in [-0.39, 0.29) is 57.6 Å². The molecule has 0 saturated carbocycles. The molecule has 113 heavy (non-hydrogen) atoms. The number of carbonyl (C=O) groups excluding carboxylic acids is 3. The number of para-hydroxylation sites is 6. The van der Waals surface area contributed by atoms with Crippen LogP contribution in [0.25, 0.3) is 6.08 Å². The number of ether oxygens (including phenoxy) is 2. The Hall–Kier alpha value is -12.1. The first-order valence-electron chi connectivity index (χ1n) is 36.1. The summed E-state index contributed by atoms with van der Waals surface area (Å²) in [6.45, 7) is 3.37. The molecule has 7 N–H and O–H groups in total. The molecule has 575 valence electrons. The zero-order valence-corrected chi connectivity index (χ0v) is 65.2. The van der Waals surface area contributed by atoms with Crippen LogP contribution in [0.15, 0.2) is 337 Å². The normalized spacial score (nSPS) is 12.8. The van der Waals surface area contributed by atoms with Gasteiger partial charge < -0.3 is 68.7 Å². The molecule has 3 radical (unpaired) electrons. The zero-order chi connectivity index (χ0) is 78.0. The van der Waals surface area contributed by atoms with E-state index < -0.39 is 0 Å². The number of furan rings is 6. The Labute approximate surface area is 683 Å². The van der Waals surface area contributed by atoms with Gasteiger partial charge in [0.15, 0.2) is 18.7 Å². The van der Waals surface area contributed by atoms with Crippen molar-refractivity contribution in [1.29, 1.82) is 0 Å². The molecule has 8 aromatic carbocycles. The zero-order valence-electron chi connectivity index (χ0n) is 64.2. The van der Waals surface area contributed by atoms with Crippen LogP contribution in [-0.2, 0) is 64.8 Å². The molecule has 21 heteroatoms. The van der Waals surface area contributed by atoms with E-state index in [2.05, 4.69) is 58.3 Å². The van der Waals surface area contributed by atoms with Crippen molar-refractivity contribution in [3.05, 3.63) is 401 Å². The molecular formula is C92H92BN3NaO16. The van der Waals surface area contributed by atoms with E-state index in [1.165, 1.54) is 17.2 Å². The van der Waals surface area contributed by atoms with Crippen molar-refractivity contribution in [3.63, 3.8) is 0 Å². The third kappa shape index (κ3) is 28.9. The first-order valence-corrected chi connectivity index (χ1v) is 36.1. The summed E-state index contributed by atoms with van der Waals surface area (Å²) in [7, 11) is 1.00. The number of aliphatic hydroxyl groups is 1. The van der Waals surface area contributed by atoms with Crippen molar-refractivity contribution < 1.29 is 107 Å². The maximum Gasteiger partial charge on any atom is 1.00 e. The Kier molecular flexibility index (Phi) is 38.4. The number of benzene rings is 8. The molecule has 2 atom stereocenters. The average molecular weight is 1530 g/mol. The van der Waals surface area contributed by atoms with Crippen molar-refractivity contribution in [2.24, 2.45) is 5.73 Å². The molecule has 0 spiro atoms. The van der Waals surface area contributed by atoms with Crippen molar-refractivity contribution in [1.82, 2.24) is 9.80 Å². The number of carbonyl (C=O) groups is 3. The molecule has 8 heterocycles. The maximum atomic E-state index is 10.1. The first kappa shape index (κ1) is 88.1. The second-order valence-electron chi connectivity index (χ2n) is 25.0. The number of aliphatic hydroxyl groups excluding tert-OH is 1. The Morgan fingerprint density at radius 3 is 1.07 bits per heavy atom. The Balaban J connectivity index is 0.000000224. The van der Waals surface area contributed by atoms with Crippen LogP contribution in [0.4, 0.5) is 0 Å². The second-order valence-corrected chi connectivity index (χ2v) is 25.0. The van der Waals surface area contributed by atoms with Gasteiger partial charge in [-0.15, -0.1) is 0 Å². The monoisotopic (exact) mass is 1530 g/mol. The van der Waals surface area contributed by atoms with Gasteiger partial charge in [0.05, 0.1) is 62.8 Å². The van der Waals surface area contributed by atoms with E-state index in [9.17, 15) is 29.7 Å². The summed E-state index contributed by atoms with van der Waals surface area (Å²) < 4.78 is 44.9. The van der Waals surface area contributed by atoms with Gasteiger partial charge >= 0.3 is 29.6 Å². The summed E-state index contributed by atoms with van der Waals surface area (Å²) in [5.41, 5.74) is 14.1. The van der Waals surface area contributed by atoms with Gasteiger partial charge in [-0.25, -0.2) is 0 Å². The van der Waals surface area contributed by atoms with Gasteiger partial charge in [0.1, 0.15) is 81.6 Å². The second kappa shape index (κ2) is 49.2. The van der Waals surface area contributed by atoms with Crippen molar-refractivity contribution in [2.75, 3.05) is 7.11 Å². The van der Waals surface area contributed by atoms with Gasteiger partial charge in [0, 0.05) is 86.8 Å². The summed E-state index contributed by atoms with van der Waals surface area (Å²) in [4.78, 5) is 34.9. The number of phenolic OH excluding ortho intramolecular Hbond substituents is 4. The van der Waals surface area contributed by atoms with Crippen LogP contribution >= 0.6 is 0 Å². The van der Waals surface area contributed by atoms with E-state index in [0.717, 1.165) is 152 Å². The molecule has 16 rings (SSSR count). The fourth-order valence-corrected chi connectivity index (χ4v) is 11.6. The fourth-order valence-electron chi connectivity index (χ4n) is 11.6.